The maximum Gasteiger partial charge on any atom is 0.247 e. The smallest absolute Gasteiger partial charge is 0.247 e. The Morgan fingerprint density at radius 1 is 1.22 bits per heavy atom. The van der Waals surface area contributed by atoms with E-state index in [1.807, 2.05) is 23.1 Å². The first-order valence-electron chi connectivity index (χ1n) is 9.03. The van der Waals surface area contributed by atoms with Crippen molar-refractivity contribution in [2.24, 2.45) is 0 Å². The molecular weight excluding hydrogens is 364 g/mol. The molecule has 2 aliphatic heterocycles. The van der Waals surface area contributed by atoms with Crippen LogP contribution in [0.1, 0.15) is 42.4 Å². The first-order chi connectivity index (χ1) is 12.6. The van der Waals surface area contributed by atoms with Crippen LogP contribution in [0.3, 0.4) is 0 Å². The van der Waals surface area contributed by atoms with Gasteiger partial charge in [0.1, 0.15) is 4.90 Å². The van der Waals surface area contributed by atoms with Gasteiger partial charge in [-0.1, -0.05) is 38.1 Å². The average molecular weight is 388 g/mol. The Labute approximate surface area is 159 Å². The van der Waals surface area contributed by atoms with Crippen LogP contribution in [0, 0.1) is 13.8 Å². The highest BCUT2D eigenvalue weighted by molar-refractivity contribution is 7.89. The highest BCUT2D eigenvalue weighted by Crippen LogP contribution is 2.42. The van der Waals surface area contributed by atoms with E-state index in [2.05, 4.69) is 30.1 Å². The van der Waals surface area contributed by atoms with Crippen LogP contribution < -0.4 is 0 Å². The van der Waals surface area contributed by atoms with Gasteiger partial charge in [0.15, 0.2) is 0 Å². The van der Waals surface area contributed by atoms with Gasteiger partial charge in [-0.25, -0.2) is 8.42 Å². The average Bonchev–Trinajstić information content (AvgIpc) is 2.95. The van der Waals surface area contributed by atoms with E-state index in [4.69, 9.17) is 0 Å². The number of hydrogen-bond acceptors (Lipinski definition) is 4. The monoisotopic (exact) mass is 388 g/mol. The lowest BCUT2D eigenvalue weighted by Crippen LogP contribution is -2.58. The van der Waals surface area contributed by atoms with Crippen molar-refractivity contribution >= 4 is 15.9 Å². The van der Waals surface area contributed by atoms with E-state index in [9.17, 15) is 13.2 Å². The third-order valence-corrected chi connectivity index (χ3v) is 7.73. The molecule has 0 bridgehead atoms. The van der Waals surface area contributed by atoms with Gasteiger partial charge in [-0.2, -0.15) is 9.40 Å². The van der Waals surface area contributed by atoms with Crippen molar-refractivity contribution in [1.29, 1.82) is 0 Å². The summed E-state index contributed by atoms with van der Waals surface area (Å²) >= 11 is 0. The summed E-state index contributed by atoms with van der Waals surface area (Å²) in [5.41, 5.74) is 2.96. The maximum absolute atomic E-state index is 13.2. The van der Waals surface area contributed by atoms with Gasteiger partial charge in [0, 0.05) is 18.5 Å². The molecule has 8 heteroatoms. The molecule has 2 aliphatic rings. The van der Waals surface area contributed by atoms with Crippen molar-refractivity contribution in [3.05, 3.63) is 46.8 Å². The summed E-state index contributed by atoms with van der Waals surface area (Å²) in [6.07, 6.45) is 0. The van der Waals surface area contributed by atoms with Gasteiger partial charge < -0.3 is 4.90 Å². The SMILES string of the molecule is Cc1n[nH]c(C)c1S(=O)(=O)N1CC(=O)N2CC(C)(C)c3ccccc3C2C1. The molecule has 0 aliphatic carbocycles. The van der Waals surface area contributed by atoms with Gasteiger partial charge in [0.25, 0.3) is 0 Å². The molecule has 1 aromatic carbocycles. The van der Waals surface area contributed by atoms with Crippen LogP contribution in [0.2, 0.25) is 0 Å². The lowest BCUT2D eigenvalue weighted by atomic mass is 9.75. The number of fused-ring (bicyclic) bond motifs is 3. The van der Waals surface area contributed by atoms with Crippen LogP contribution in [0.4, 0.5) is 0 Å². The van der Waals surface area contributed by atoms with Crippen molar-refractivity contribution < 1.29 is 13.2 Å². The van der Waals surface area contributed by atoms with Crippen LogP contribution in [0.25, 0.3) is 0 Å². The molecule has 1 unspecified atom stereocenters. The number of aromatic nitrogens is 2. The molecule has 1 aromatic heterocycles. The Morgan fingerprint density at radius 3 is 2.59 bits per heavy atom. The quantitative estimate of drug-likeness (QED) is 0.851. The zero-order chi connectivity index (χ0) is 19.6. The maximum atomic E-state index is 13.2. The van der Waals surface area contributed by atoms with E-state index in [1.165, 1.54) is 9.87 Å². The molecule has 1 atom stereocenters. The second-order valence-electron chi connectivity index (χ2n) is 8.07. The summed E-state index contributed by atoms with van der Waals surface area (Å²) in [6, 6.07) is 7.76. The van der Waals surface area contributed by atoms with Crippen LogP contribution in [-0.2, 0) is 20.2 Å². The van der Waals surface area contributed by atoms with Gasteiger partial charge in [0.05, 0.1) is 24.0 Å². The number of sulfonamides is 1. The van der Waals surface area contributed by atoms with Gasteiger partial charge in [-0.3, -0.25) is 9.89 Å². The fourth-order valence-corrected chi connectivity index (χ4v) is 6.11. The summed E-state index contributed by atoms with van der Waals surface area (Å²) < 4.78 is 27.8. The van der Waals surface area contributed by atoms with Crippen molar-refractivity contribution in [2.45, 2.75) is 44.0 Å². The van der Waals surface area contributed by atoms with Crippen molar-refractivity contribution in [3.8, 4) is 0 Å². The number of benzene rings is 1. The second-order valence-corrected chi connectivity index (χ2v) is 9.94. The first-order valence-corrected chi connectivity index (χ1v) is 10.5. The van der Waals surface area contributed by atoms with Crippen molar-refractivity contribution in [2.75, 3.05) is 19.6 Å². The minimum absolute atomic E-state index is 0.138. The van der Waals surface area contributed by atoms with Gasteiger partial charge in [-0.05, 0) is 25.0 Å². The number of nitrogens with one attached hydrogen (secondary N) is 1. The van der Waals surface area contributed by atoms with Crippen LogP contribution in [0.5, 0.6) is 0 Å². The molecular formula is C19H24N4O3S. The summed E-state index contributed by atoms with van der Waals surface area (Å²) in [5, 5.41) is 6.73. The highest BCUT2D eigenvalue weighted by atomic mass is 32.2. The van der Waals surface area contributed by atoms with E-state index in [0.29, 0.717) is 17.9 Å². The molecule has 1 saturated heterocycles. The van der Waals surface area contributed by atoms with E-state index >= 15 is 0 Å². The third-order valence-electron chi connectivity index (χ3n) is 5.66. The third kappa shape index (κ3) is 2.70. The van der Waals surface area contributed by atoms with Crippen LogP contribution >= 0.6 is 0 Å². The molecule has 1 amide bonds. The van der Waals surface area contributed by atoms with Crippen LogP contribution in [-0.4, -0.2) is 53.4 Å². The van der Waals surface area contributed by atoms with E-state index in [1.54, 1.807) is 13.8 Å². The topological polar surface area (TPSA) is 86.4 Å². The number of rotatable bonds is 2. The number of carbonyl (C=O) groups excluding carboxylic acids is 1. The van der Waals surface area contributed by atoms with Gasteiger partial charge in [0.2, 0.25) is 15.9 Å². The summed E-state index contributed by atoms with van der Waals surface area (Å²) in [7, 11) is -3.80. The lowest BCUT2D eigenvalue weighted by Gasteiger charge is -2.49. The van der Waals surface area contributed by atoms with Gasteiger partial charge in [-0.15, -0.1) is 0 Å². The van der Waals surface area contributed by atoms with E-state index < -0.39 is 10.0 Å². The molecule has 0 spiro atoms. The van der Waals surface area contributed by atoms with Crippen molar-refractivity contribution in [1.82, 2.24) is 19.4 Å². The zero-order valence-corrected chi connectivity index (χ0v) is 16.8. The standard InChI is InChI=1S/C19H24N4O3S/c1-12-18(13(2)21-20-12)27(25,26)22-9-16-14-7-5-6-8-15(14)19(3,4)11-23(16)17(24)10-22/h5-8,16H,9-11H2,1-4H3,(H,20,21). The fourth-order valence-electron chi connectivity index (χ4n) is 4.38. The number of carbonyl (C=O) groups is 1. The first kappa shape index (κ1) is 18.2. The Balaban J connectivity index is 1.77. The molecule has 1 fully saturated rings. The Bertz CT molecular complexity index is 1010. The zero-order valence-electron chi connectivity index (χ0n) is 16.0. The minimum Gasteiger partial charge on any atom is -0.332 e. The number of aromatic amines is 1. The molecule has 0 radical (unpaired) electrons. The normalized spacial score (nSPS) is 22.4. The number of piperazine rings is 1. The molecule has 1 N–H and O–H groups in total. The number of nitrogens with zero attached hydrogens (tertiary/aromatic N) is 3. The predicted molar refractivity (Wildman–Crippen MR) is 101 cm³/mol. The molecule has 4 rings (SSSR count). The summed E-state index contributed by atoms with van der Waals surface area (Å²) in [6.45, 7) is 8.29. The Morgan fingerprint density at radius 2 is 1.93 bits per heavy atom. The molecule has 2 aromatic rings. The molecule has 27 heavy (non-hydrogen) atoms. The minimum atomic E-state index is -3.80. The number of H-pyrrole nitrogens is 1. The Hall–Kier alpha value is -2.19. The Kier molecular flexibility index (Phi) is 3.98. The predicted octanol–water partition coefficient (Wildman–Crippen LogP) is 1.89. The fraction of sp³-hybridized carbons (Fsp3) is 0.474. The second kappa shape index (κ2) is 5.90. The van der Waals surface area contributed by atoms with E-state index in [-0.39, 0.29) is 35.3 Å². The molecule has 3 heterocycles. The summed E-state index contributed by atoms with van der Waals surface area (Å²) in [5.74, 6) is -0.156. The van der Waals surface area contributed by atoms with Crippen molar-refractivity contribution in [3.63, 3.8) is 0 Å². The number of hydrogen-bond donors (Lipinski definition) is 1. The molecule has 144 valence electrons. The number of aryl methyl sites for hydroxylation is 2. The van der Waals surface area contributed by atoms with Gasteiger partial charge >= 0.3 is 0 Å². The van der Waals surface area contributed by atoms with E-state index in [0.717, 1.165) is 5.56 Å². The largest absolute Gasteiger partial charge is 0.332 e. The lowest BCUT2D eigenvalue weighted by molar-refractivity contribution is -0.139. The highest BCUT2D eigenvalue weighted by Gasteiger charge is 2.46. The summed E-state index contributed by atoms with van der Waals surface area (Å²) in [4.78, 5) is 14.9. The molecule has 0 saturated carbocycles. The number of amides is 1. The molecule has 7 nitrogen and oxygen atoms in total. The van der Waals surface area contributed by atoms with Crippen LogP contribution in [0.15, 0.2) is 29.2 Å².